The Kier molecular flexibility index (Phi) is 6.96. The van der Waals surface area contributed by atoms with E-state index < -0.39 is 0 Å². The van der Waals surface area contributed by atoms with E-state index in [1.165, 1.54) is 23.1 Å². The number of amides is 1. The van der Waals surface area contributed by atoms with Crippen LogP contribution in [0.3, 0.4) is 0 Å². The van der Waals surface area contributed by atoms with Crippen LogP contribution in [-0.2, 0) is 4.79 Å². The molecule has 0 aliphatic rings. The fraction of sp³-hybridized carbons (Fsp3) is 0.500. The first-order valence-corrected chi connectivity index (χ1v) is 8.54. The molecule has 1 aromatic heterocycles. The van der Waals surface area contributed by atoms with Crippen LogP contribution in [0.25, 0.3) is 0 Å². The topological polar surface area (TPSA) is 37.4 Å². The van der Waals surface area contributed by atoms with Crippen molar-refractivity contribution >= 4 is 50.7 Å². The largest absolute Gasteiger partial charge is 0.343 e. The number of halogens is 1. The minimum Gasteiger partial charge on any atom is -0.343 e. The second-order valence-corrected chi connectivity index (χ2v) is 6.34. The third-order valence-electron chi connectivity index (χ3n) is 2.45. The van der Waals surface area contributed by atoms with E-state index in [4.69, 9.17) is 0 Å². The van der Waals surface area contributed by atoms with Crippen molar-refractivity contribution in [1.29, 1.82) is 0 Å². The number of carbonyl (C=O) groups excluding carboxylic acids is 2. The lowest BCUT2D eigenvalue weighted by molar-refractivity contribution is -0.127. The fourth-order valence-corrected chi connectivity index (χ4v) is 3.87. The molecule has 0 atom stereocenters. The van der Waals surface area contributed by atoms with E-state index in [1.807, 2.05) is 25.3 Å². The SMILES string of the molecule is CCN(CC)C(=O)CSCC(=O)c1sccc1Br. The second kappa shape index (κ2) is 7.96. The maximum atomic E-state index is 11.9. The minimum absolute atomic E-state index is 0.0780. The average Bonchev–Trinajstić information content (AvgIpc) is 2.77. The molecule has 18 heavy (non-hydrogen) atoms. The predicted octanol–water partition coefficient (Wildman–Crippen LogP) is 3.29. The summed E-state index contributed by atoms with van der Waals surface area (Å²) in [5, 5.41) is 1.88. The summed E-state index contributed by atoms with van der Waals surface area (Å²) in [7, 11) is 0. The third kappa shape index (κ3) is 4.40. The summed E-state index contributed by atoms with van der Waals surface area (Å²) < 4.78 is 0.841. The van der Waals surface area contributed by atoms with E-state index in [-0.39, 0.29) is 11.7 Å². The van der Waals surface area contributed by atoms with Gasteiger partial charge in [-0.15, -0.1) is 23.1 Å². The number of hydrogen-bond donors (Lipinski definition) is 0. The molecule has 1 rings (SSSR count). The maximum Gasteiger partial charge on any atom is 0.232 e. The maximum absolute atomic E-state index is 11.9. The molecule has 0 N–H and O–H groups in total. The van der Waals surface area contributed by atoms with Gasteiger partial charge in [0.2, 0.25) is 5.91 Å². The zero-order chi connectivity index (χ0) is 13.5. The molecule has 1 aromatic rings. The fourth-order valence-electron chi connectivity index (χ4n) is 1.46. The van der Waals surface area contributed by atoms with Crippen LogP contribution in [0.4, 0.5) is 0 Å². The van der Waals surface area contributed by atoms with Crippen LogP contribution in [0.2, 0.25) is 0 Å². The Bertz CT molecular complexity index is 416. The molecule has 6 heteroatoms. The van der Waals surface area contributed by atoms with Crippen LogP contribution < -0.4 is 0 Å². The van der Waals surface area contributed by atoms with E-state index in [0.29, 0.717) is 11.5 Å². The molecule has 0 aromatic carbocycles. The molecule has 0 radical (unpaired) electrons. The number of carbonyl (C=O) groups is 2. The lowest BCUT2D eigenvalue weighted by Crippen LogP contribution is -2.32. The first kappa shape index (κ1) is 15.7. The van der Waals surface area contributed by atoms with Crippen LogP contribution in [-0.4, -0.2) is 41.2 Å². The molecule has 1 amide bonds. The van der Waals surface area contributed by atoms with Gasteiger partial charge in [-0.05, 0) is 41.2 Å². The van der Waals surface area contributed by atoms with Crippen LogP contribution in [0, 0.1) is 0 Å². The minimum atomic E-state index is 0.0780. The summed E-state index contributed by atoms with van der Waals surface area (Å²) in [6, 6.07) is 1.86. The van der Waals surface area contributed by atoms with Crippen LogP contribution in [0.5, 0.6) is 0 Å². The van der Waals surface area contributed by atoms with Gasteiger partial charge >= 0.3 is 0 Å². The smallest absolute Gasteiger partial charge is 0.232 e. The quantitative estimate of drug-likeness (QED) is 0.708. The Labute approximate surface area is 124 Å². The van der Waals surface area contributed by atoms with Gasteiger partial charge < -0.3 is 4.90 Å². The summed E-state index contributed by atoms with van der Waals surface area (Å²) in [5.41, 5.74) is 0. The molecule has 0 saturated heterocycles. The Morgan fingerprint density at radius 3 is 2.50 bits per heavy atom. The molecule has 0 unspecified atom stereocenters. The van der Waals surface area contributed by atoms with Crippen molar-refractivity contribution in [2.24, 2.45) is 0 Å². The van der Waals surface area contributed by atoms with Gasteiger partial charge in [-0.3, -0.25) is 9.59 Å². The molecule has 100 valence electrons. The van der Waals surface area contributed by atoms with E-state index in [0.717, 1.165) is 22.4 Å². The Hall–Kier alpha value is -0.330. The highest BCUT2D eigenvalue weighted by Gasteiger charge is 2.14. The monoisotopic (exact) mass is 349 g/mol. The highest BCUT2D eigenvalue weighted by molar-refractivity contribution is 9.10. The summed E-state index contributed by atoms with van der Waals surface area (Å²) in [5.74, 6) is 0.903. The van der Waals surface area contributed by atoms with E-state index in [2.05, 4.69) is 15.9 Å². The summed E-state index contributed by atoms with van der Waals surface area (Å²) in [4.78, 5) is 26.1. The van der Waals surface area contributed by atoms with E-state index in [1.54, 1.807) is 4.90 Å². The number of ketones is 1. The van der Waals surface area contributed by atoms with Crippen LogP contribution >= 0.6 is 39.0 Å². The number of nitrogens with zero attached hydrogens (tertiary/aromatic N) is 1. The standard InChI is InChI=1S/C12H16BrNO2S2/c1-3-14(4-2)11(16)8-17-7-10(15)12-9(13)5-6-18-12/h5-6H,3-4,7-8H2,1-2H3. The van der Waals surface area contributed by atoms with Crippen molar-refractivity contribution in [3.05, 3.63) is 20.8 Å². The molecule has 0 saturated carbocycles. The molecular weight excluding hydrogens is 334 g/mol. The summed E-state index contributed by atoms with van der Waals surface area (Å²) in [6.07, 6.45) is 0. The second-order valence-electron chi connectivity index (χ2n) is 3.58. The Balaban J connectivity index is 2.36. The average molecular weight is 350 g/mol. The molecule has 0 aliphatic carbocycles. The highest BCUT2D eigenvalue weighted by atomic mass is 79.9. The zero-order valence-electron chi connectivity index (χ0n) is 10.4. The van der Waals surface area contributed by atoms with Crippen LogP contribution in [0.15, 0.2) is 15.9 Å². The van der Waals surface area contributed by atoms with Crippen molar-refractivity contribution < 1.29 is 9.59 Å². The molecule has 0 bridgehead atoms. The van der Waals surface area contributed by atoms with Gasteiger partial charge in [0.25, 0.3) is 0 Å². The van der Waals surface area contributed by atoms with Gasteiger partial charge in [-0.1, -0.05) is 0 Å². The molecule has 3 nitrogen and oxygen atoms in total. The number of hydrogen-bond acceptors (Lipinski definition) is 4. The van der Waals surface area contributed by atoms with Crippen molar-refractivity contribution in [3.63, 3.8) is 0 Å². The van der Waals surface area contributed by atoms with E-state index in [9.17, 15) is 9.59 Å². The van der Waals surface area contributed by atoms with E-state index >= 15 is 0 Å². The van der Waals surface area contributed by atoms with Gasteiger partial charge in [-0.25, -0.2) is 0 Å². The van der Waals surface area contributed by atoms with Gasteiger partial charge in [0.15, 0.2) is 5.78 Å². The Morgan fingerprint density at radius 1 is 1.33 bits per heavy atom. The molecule has 0 spiro atoms. The number of rotatable bonds is 7. The van der Waals surface area contributed by atoms with Crippen LogP contribution in [0.1, 0.15) is 23.5 Å². The zero-order valence-corrected chi connectivity index (χ0v) is 13.7. The Morgan fingerprint density at radius 2 is 2.00 bits per heavy atom. The van der Waals surface area contributed by atoms with Gasteiger partial charge in [0.05, 0.1) is 16.4 Å². The number of thioether (sulfide) groups is 1. The normalized spacial score (nSPS) is 10.4. The lowest BCUT2D eigenvalue weighted by atomic mass is 10.3. The molecule has 1 heterocycles. The first-order chi connectivity index (χ1) is 8.60. The van der Waals surface area contributed by atoms with Gasteiger partial charge in [0, 0.05) is 17.6 Å². The van der Waals surface area contributed by atoms with Crippen molar-refractivity contribution in [2.45, 2.75) is 13.8 Å². The van der Waals surface area contributed by atoms with Crippen molar-refractivity contribution in [2.75, 3.05) is 24.6 Å². The van der Waals surface area contributed by atoms with Crippen molar-refractivity contribution in [3.8, 4) is 0 Å². The third-order valence-corrected chi connectivity index (χ3v) is 5.24. The number of Topliss-reactive ketones (excluding diaryl/α,β-unsaturated/α-hetero) is 1. The first-order valence-electron chi connectivity index (χ1n) is 5.71. The lowest BCUT2D eigenvalue weighted by Gasteiger charge is -2.17. The molecule has 0 fully saturated rings. The van der Waals surface area contributed by atoms with Gasteiger partial charge in [-0.2, -0.15) is 0 Å². The van der Waals surface area contributed by atoms with Crippen molar-refractivity contribution in [1.82, 2.24) is 4.90 Å². The highest BCUT2D eigenvalue weighted by Crippen LogP contribution is 2.24. The summed E-state index contributed by atoms with van der Waals surface area (Å²) in [6.45, 7) is 5.36. The molecular formula is C12H16BrNO2S2. The number of thiophene rings is 1. The van der Waals surface area contributed by atoms with Gasteiger partial charge in [0.1, 0.15) is 0 Å². The predicted molar refractivity (Wildman–Crippen MR) is 81.6 cm³/mol. The molecule has 0 aliphatic heterocycles. The summed E-state index contributed by atoms with van der Waals surface area (Å²) >= 11 is 6.15.